The van der Waals surface area contributed by atoms with Crippen LogP contribution in [0.4, 0.5) is 4.79 Å². The zero-order chi connectivity index (χ0) is 9.68. The van der Waals surface area contributed by atoms with Gasteiger partial charge < -0.3 is 0 Å². The molecule has 0 bridgehead atoms. The van der Waals surface area contributed by atoms with E-state index < -0.39 is 17.1 Å². The molecule has 1 aliphatic rings. The third-order valence-electron chi connectivity index (χ3n) is 2.37. The van der Waals surface area contributed by atoms with E-state index in [1.807, 2.05) is 0 Å². The number of hydrogen-bond donors (Lipinski definition) is 0. The first kappa shape index (κ1) is 10.8. The van der Waals surface area contributed by atoms with Crippen molar-refractivity contribution in [2.75, 3.05) is 0 Å². The number of carbonyl (C=O) groups excluding carboxylic acids is 2. The van der Waals surface area contributed by atoms with Crippen molar-refractivity contribution in [2.24, 2.45) is 0 Å². The Morgan fingerprint density at radius 3 is 2.62 bits per heavy atom. The number of hydrogen-bond acceptors (Lipinski definition) is 3. The van der Waals surface area contributed by atoms with Crippen LogP contribution in [0.3, 0.4) is 0 Å². The average Bonchev–Trinajstić information content (AvgIpc) is 2.39. The van der Waals surface area contributed by atoms with Gasteiger partial charge in [-0.3, -0.25) is 0 Å². The first-order chi connectivity index (χ1) is 6.24. The molecule has 1 unspecified atom stereocenters. The quantitative estimate of drug-likeness (QED) is 0.318. The Morgan fingerprint density at radius 2 is 2.08 bits per heavy atom. The van der Waals surface area contributed by atoms with Gasteiger partial charge in [0.2, 0.25) is 0 Å². The monoisotopic (exact) mass is 234 g/mol. The van der Waals surface area contributed by atoms with Gasteiger partial charge in [0.15, 0.2) is 0 Å². The van der Waals surface area contributed by atoms with Crippen LogP contribution in [-0.4, -0.2) is 10.5 Å². The van der Waals surface area contributed by atoms with Crippen molar-refractivity contribution in [2.45, 2.75) is 43.5 Å². The molecule has 1 fully saturated rings. The normalized spacial score (nSPS) is 20.8. The van der Waals surface area contributed by atoms with Gasteiger partial charge >= 0.3 is 85.5 Å². The fraction of sp³-hybridized carbons (Fsp3) is 0.778. The van der Waals surface area contributed by atoms with Crippen molar-refractivity contribution in [1.82, 2.24) is 0 Å². The molecule has 1 atom stereocenters. The Kier molecular flexibility index (Phi) is 4.57. The molecular formula is C9H14O3Zn. The topological polar surface area (TPSA) is 43.4 Å². The molecule has 3 nitrogen and oxygen atoms in total. The third kappa shape index (κ3) is 3.55. The summed E-state index contributed by atoms with van der Waals surface area (Å²) >= 11 is -1.33. The maximum absolute atomic E-state index is 11.1. The summed E-state index contributed by atoms with van der Waals surface area (Å²) < 4.78 is 4.41. The molecule has 0 radical (unpaired) electrons. The van der Waals surface area contributed by atoms with Crippen molar-refractivity contribution in [3.8, 4) is 0 Å². The summed E-state index contributed by atoms with van der Waals surface area (Å²) in [5.74, 6) is -0.235. The molecule has 0 saturated carbocycles. The van der Waals surface area contributed by atoms with Gasteiger partial charge in [-0.2, -0.15) is 0 Å². The molecule has 13 heavy (non-hydrogen) atoms. The Hall–Kier alpha value is -0.237. The van der Waals surface area contributed by atoms with Crippen LogP contribution in [0.2, 0.25) is 4.51 Å². The summed E-state index contributed by atoms with van der Waals surface area (Å²) in [4.78, 5) is 21.8. The summed E-state index contributed by atoms with van der Waals surface area (Å²) in [5, 5.41) is 0. The summed E-state index contributed by atoms with van der Waals surface area (Å²) in [6, 6.07) is 0. The van der Waals surface area contributed by atoms with E-state index in [1.54, 1.807) is 0 Å². The van der Waals surface area contributed by atoms with Gasteiger partial charge in [0, 0.05) is 0 Å². The summed E-state index contributed by atoms with van der Waals surface area (Å²) in [6.45, 7) is 2.16. The molecule has 1 rings (SSSR count). The molecule has 0 aromatic rings. The zero-order valence-electron chi connectivity index (χ0n) is 8.04. The second-order valence-electron chi connectivity index (χ2n) is 3.54. The van der Waals surface area contributed by atoms with Gasteiger partial charge in [0.1, 0.15) is 0 Å². The fourth-order valence-electron chi connectivity index (χ4n) is 1.56. The van der Waals surface area contributed by atoms with Crippen LogP contribution in [0.1, 0.15) is 39.0 Å². The Balaban J connectivity index is 2.14. The molecule has 1 aliphatic heterocycles. The van der Waals surface area contributed by atoms with Crippen LogP contribution in [0.25, 0.3) is 0 Å². The van der Waals surface area contributed by atoms with Crippen LogP contribution in [0, 0.1) is 0 Å². The van der Waals surface area contributed by atoms with Gasteiger partial charge in [0.25, 0.3) is 0 Å². The average molecular weight is 236 g/mol. The van der Waals surface area contributed by atoms with E-state index >= 15 is 0 Å². The first-order valence-corrected chi connectivity index (χ1v) is 8.18. The molecule has 0 aromatic carbocycles. The molecule has 0 aliphatic carbocycles. The second kappa shape index (κ2) is 5.48. The second-order valence-corrected chi connectivity index (χ2v) is 7.68. The Labute approximate surface area is 85.8 Å². The van der Waals surface area contributed by atoms with Crippen molar-refractivity contribution < 1.29 is 31.5 Å². The molecule has 0 aromatic heterocycles. The molecule has 0 N–H and O–H groups in total. The summed E-state index contributed by atoms with van der Waals surface area (Å²) in [5.41, 5.74) is 0. The Morgan fingerprint density at radius 1 is 1.31 bits per heavy atom. The van der Waals surface area contributed by atoms with E-state index in [1.165, 1.54) is 19.3 Å². The number of cyclic esters (lactones) is 2. The Bertz CT molecular complexity index is 203. The number of rotatable bonds is 5. The predicted molar refractivity (Wildman–Crippen MR) is 44.0 cm³/mol. The summed E-state index contributed by atoms with van der Waals surface area (Å²) in [7, 11) is 0. The maximum atomic E-state index is 11.1. The molecule has 0 spiro atoms. The molecule has 0 amide bonds. The van der Waals surface area contributed by atoms with E-state index in [-0.39, 0.29) is 15.0 Å². The van der Waals surface area contributed by atoms with Gasteiger partial charge in [-0.15, -0.1) is 0 Å². The summed E-state index contributed by atoms with van der Waals surface area (Å²) in [6.07, 6.45) is 5.58. The van der Waals surface area contributed by atoms with E-state index in [2.05, 4.69) is 11.7 Å². The van der Waals surface area contributed by atoms with Crippen molar-refractivity contribution in [3.63, 3.8) is 0 Å². The molecule has 4 heteroatoms. The van der Waals surface area contributed by atoms with Gasteiger partial charge in [-0.05, 0) is 0 Å². The third-order valence-corrected chi connectivity index (χ3v) is 5.96. The predicted octanol–water partition coefficient (Wildman–Crippen LogP) is 2.50. The van der Waals surface area contributed by atoms with Crippen LogP contribution in [0.15, 0.2) is 0 Å². The van der Waals surface area contributed by atoms with Crippen LogP contribution >= 0.6 is 0 Å². The fourth-order valence-corrected chi connectivity index (χ4v) is 4.44. The molecule has 70 valence electrons. The number of esters is 1. The van der Waals surface area contributed by atoms with Crippen LogP contribution in [0.5, 0.6) is 0 Å². The standard InChI is InChI=1S/C9H14O3.Zn/c1-2-3-4-5-6-7-9(11)12-8-10;/h7H,2-6H2,1H3;. The number of unbranched alkanes of at least 4 members (excludes halogenated alkanes) is 3. The minimum atomic E-state index is -1.33. The van der Waals surface area contributed by atoms with Crippen molar-refractivity contribution >= 4 is 10.5 Å². The van der Waals surface area contributed by atoms with E-state index in [0.29, 0.717) is 0 Å². The molecular weight excluding hydrogens is 221 g/mol. The van der Waals surface area contributed by atoms with E-state index in [4.69, 9.17) is 0 Å². The van der Waals surface area contributed by atoms with Gasteiger partial charge in [0.05, 0.1) is 0 Å². The SMILES string of the molecule is CCCCCC[CH]1[Zn][C](=O)OC1=O. The number of ether oxygens (including phenoxy) is 1. The minimum absolute atomic E-state index is 0.0388. The van der Waals surface area contributed by atoms with Crippen LogP contribution < -0.4 is 0 Å². The molecule has 1 heterocycles. The van der Waals surface area contributed by atoms with Gasteiger partial charge in [-0.1, -0.05) is 0 Å². The van der Waals surface area contributed by atoms with Crippen molar-refractivity contribution in [3.05, 3.63) is 0 Å². The van der Waals surface area contributed by atoms with E-state index in [9.17, 15) is 9.59 Å². The number of carbonyl (C=O) groups is 2. The molecule has 1 saturated heterocycles. The van der Waals surface area contributed by atoms with Crippen LogP contribution in [-0.2, 0) is 26.7 Å². The zero-order valence-corrected chi connectivity index (χ0v) is 11.0. The van der Waals surface area contributed by atoms with Gasteiger partial charge in [-0.25, -0.2) is 0 Å². The first-order valence-electron chi connectivity index (χ1n) is 4.98. The van der Waals surface area contributed by atoms with E-state index in [0.717, 1.165) is 12.8 Å². The van der Waals surface area contributed by atoms with Crippen molar-refractivity contribution in [1.29, 1.82) is 0 Å².